The molecule has 0 spiro atoms. The number of rotatable bonds is 6. The van der Waals surface area contributed by atoms with Crippen molar-refractivity contribution in [3.63, 3.8) is 0 Å². The predicted octanol–water partition coefficient (Wildman–Crippen LogP) is 5.12. The highest BCUT2D eigenvalue weighted by atomic mass is 16.5. The molecule has 5 heteroatoms. The van der Waals surface area contributed by atoms with Crippen LogP contribution in [0, 0.1) is 5.92 Å². The lowest BCUT2D eigenvalue weighted by Gasteiger charge is -2.24. The first-order chi connectivity index (χ1) is 13.7. The number of aryl methyl sites for hydroxylation is 1. The van der Waals surface area contributed by atoms with Gasteiger partial charge < -0.3 is 19.9 Å². The maximum atomic E-state index is 12.2. The molecule has 1 saturated carbocycles. The first kappa shape index (κ1) is 18.4. The molecule has 0 atom stereocenters. The molecule has 4 rings (SSSR count). The van der Waals surface area contributed by atoms with E-state index in [0.29, 0.717) is 0 Å². The summed E-state index contributed by atoms with van der Waals surface area (Å²) in [5.41, 5.74) is 5.37. The van der Waals surface area contributed by atoms with Gasteiger partial charge in [-0.2, -0.15) is 0 Å². The summed E-state index contributed by atoms with van der Waals surface area (Å²) in [6, 6.07) is 14.3. The highest BCUT2D eigenvalue weighted by molar-refractivity contribution is 6.03. The lowest BCUT2D eigenvalue weighted by molar-refractivity contribution is -0.122. The number of carbonyl (C=O) groups excluding carboxylic acids is 1. The van der Waals surface area contributed by atoms with Crippen molar-refractivity contribution in [3.8, 4) is 17.0 Å². The van der Waals surface area contributed by atoms with Crippen molar-refractivity contribution in [1.82, 2.24) is 4.57 Å². The number of amides is 1. The summed E-state index contributed by atoms with van der Waals surface area (Å²) in [6.07, 6.45) is 3.18. The minimum Gasteiger partial charge on any atom is -0.497 e. The Hall–Kier alpha value is -2.95. The van der Waals surface area contributed by atoms with Crippen LogP contribution in [0.5, 0.6) is 5.75 Å². The van der Waals surface area contributed by atoms with Gasteiger partial charge in [-0.15, -0.1) is 0 Å². The topological polar surface area (TPSA) is 55.3 Å². The van der Waals surface area contributed by atoms with E-state index in [-0.39, 0.29) is 11.8 Å². The second-order valence-corrected chi connectivity index (χ2v) is 7.30. The van der Waals surface area contributed by atoms with Gasteiger partial charge >= 0.3 is 0 Å². The summed E-state index contributed by atoms with van der Waals surface area (Å²) in [5.74, 6) is 1.18. The molecule has 1 aromatic heterocycles. The molecule has 0 aliphatic heterocycles. The molecule has 0 unspecified atom stereocenters. The van der Waals surface area contributed by atoms with E-state index in [1.165, 1.54) is 5.52 Å². The van der Waals surface area contributed by atoms with E-state index >= 15 is 0 Å². The molecule has 0 radical (unpaired) electrons. The van der Waals surface area contributed by atoms with Crippen LogP contribution in [0.25, 0.3) is 22.2 Å². The zero-order valence-corrected chi connectivity index (χ0v) is 16.7. The van der Waals surface area contributed by atoms with Crippen molar-refractivity contribution in [2.45, 2.75) is 32.7 Å². The van der Waals surface area contributed by atoms with Gasteiger partial charge in [0.05, 0.1) is 24.0 Å². The standard InChI is InChI=1S/C23H27N3O2/c1-4-26-20-13-12-18(28-3)14-19(20)21(24-2)22(26)15-8-10-17(11-9-15)25-23(27)16-6-5-7-16/h8-14,16,24H,4-7H2,1-3H3,(H,25,27). The number of aromatic nitrogens is 1. The van der Waals surface area contributed by atoms with Crippen molar-refractivity contribution >= 4 is 28.2 Å². The van der Waals surface area contributed by atoms with Crippen LogP contribution >= 0.6 is 0 Å². The fraction of sp³-hybridized carbons (Fsp3) is 0.348. The maximum absolute atomic E-state index is 12.2. The number of methoxy groups -OCH3 is 1. The van der Waals surface area contributed by atoms with E-state index < -0.39 is 0 Å². The fourth-order valence-corrected chi connectivity index (χ4v) is 3.97. The Morgan fingerprint density at radius 1 is 1.18 bits per heavy atom. The molecule has 2 aromatic carbocycles. The smallest absolute Gasteiger partial charge is 0.227 e. The van der Waals surface area contributed by atoms with Crippen LogP contribution in [0.2, 0.25) is 0 Å². The number of carbonyl (C=O) groups is 1. The highest BCUT2D eigenvalue weighted by Crippen LogP contribution is 2.40. The van der Waals surface area contributed by atoms with Crippen molar-refractivity contribution in [2.75, 3.05) is 24.8 Å². The van der Waals surface area contributed by atoms with Crippen molar-refractivity contribution in [2.24, 2.45) is 5.92 Å². The van der Waals surface area contributed by atoms with Crippen LogP contribution in [0.4, 0.5) is 11.4 Å². The van der Waals surface area contributed by atoms with E-state index in [4.69, 9.17) is 4.74 Å². The molecular weight excluding hydrogens is 350 g/mol. The summed E-state index contributed by atoms with van der Waals surface area (Å²) in [4.78, 5) is 12.2. The molecule has 1 aliphatic carbocycles. The molecule has 0 saturated heterocycles. The number of nitrogens with zero attached hydrogens (tertiary/aromatic N) is 1. The third-order valence-corrected chi connectivity index (χ3v) is 5.74. The molecule has 146 valence electrons. The summed E-state index contributed by atoms with van der Waals surface area (Å²) in [5, 5.41) is 7.56. The van der Waals surface area contributed by atoms with E-state index in [9.17, 15) is 4.79 Å². The normalized spacial score (nSPS) is 14.0. The Balaban J connectivity index is 1.72. The number of ether oxygens (including phenoxy) is 1. The Bertz CT molecular complexity index is 1000. The van der Waals surface area contributed by atoms with Gasteiger partial charge in [0.15, 0.2) is 0 Å². The molecule has 5 nitrogen and oxygen atoms in total. The van der Waals surface area contributed by atoms with Crippen LogP contribution in [-0.2, 0) is 11.3 Å². The molecule has 0 bridgehead atoms. The zero-order valence-electron chi connectivity index (χ0n) is 16.7. The Kier molecular flexibility index (Phi) is 4.99. The summed E-state index contributed by atoms with van der Waals surface area (Å²) in [6.45, 7) is 3.01. The van der Waals surface area contributed by atoms with Crippen LogP contribution < -0.4 is 15.4 Å². The Morgan fingerprint density at radius 3 is 2.50 bits per heavy atom. The molecule has 1 heterocycles. The highest BCUT2D eigenvalue weighted by Gasteiger charge is 2.25. The molecule has 28 heavy (non-hydrogen) atoms. The monoisotopic (exact) mass is 377 g/mol. The number of anilines is 2. The number of fused-ring (bicyclic) bond motifs is 1. The second kappa shape index (κ2) is 7.58. The van der Waals surface area contributed by atoms with Gasteiger partial charge in [0.25, 0.3) is 0 Å². The van der Waals surface area contributed by atoms with E-state index in [2.05, 4.69) is 46.4 Å². The number of nitrogens with one attached hydrogen (secondary N) is 2. The van der Waals surface area contributed by atoms with Crippen molar-refractivity contribution in [3.05, 3.63) is 42.5 Å². The zero-order chi connectivity index (χ0) is 19.7. The maximum Gasteiger partial charge on any atom is 0.227 e. The molecular formula is C23H27N3O2. The average molecular weight is 377 g/mol. The van der Waals surface area contributed by atoms with Gasteiger partial charge in [0, 0.05) is 36.1 Å². The SMILES string of the molecule is CCn1c(-c2ccc(NC(=O)C3CCC3)cc2)c(NC)c2cc(OC)ccc21. The first-order valence-corrected chi connectivity index (χ1v) is 9.95. The minimum absolute atomic E-state index is 0.143. The predicted molar refractivity (Wildman–Crippen MR) is 115 cm³/mol. The summed E-state index contributed by atoms with van der Waals surface area (Å²) < 4.78 is 7.73. The van der Waals surface area contributed by atoms with E-state index in [1.807, 2.05) is 25.2 Å². The largest absolute Gasteiger partial charge is 0.497 e. The minimum atomic E-state index is 0.143. The van der Waals surface area contributed by atoms with Gasteiger partial charge in [-0.1, -0.05) is 18.6 Å². The Morgan fingerprint density at radius 2 is 1.93 bits per heavy atom. The van der Waals surface area contributed by atoms with Crippen LogP contribution in [0.15, 0.2) is 42.5 Å². The third-order valence-electron chi connectivity index (χ3n) is 5.74. The fourth-order valence-electron chi connectivity index (χ4n) is 3.97. The quantitative estimate of drug-likeness (QED) is 0.627. The Labute approximate surface area is 165 Å². The summed E-state index contributed by atoms with van der Waals surface area (Å²) in [7, 11) is 3.64. The molecule has 1 amide bonds. The molecule has 1 fully saturated rings. The van der Waals surface area contributed by atoms with Gasteiger partial charge in [0.1, 0.15) is 5.75 Å². The molecule has 3 aromatic rings. The average Bonchev–Trinajstić information content (AvgIpc) is 2.99. The van der Waals surface area contributed by atoms with Crippen molar-refractivity contribution < 1.29 is 9.53 Å². The van der Waals surface area contributed by atoms with Gasteiger partial charge in [-0.05, 0) is 50.1 Å². The molecule has 2 N–H and O–H groups in total. The summed E-state index contributed by atoms with van der Waals surface area (Å²) >= 11 is 0. The van der Waals surface area contributed by atoms with Crippen LogP contribution in [0.1, 0.15) is 26.2 Å². The van der Waals surface area contributed by atoms with Gasteiger partial charge in [0.2, 0.25) is 5.91 Å². The van der Waals surface area contributed by atoms with Crippen LogP contribution in [0.3, 0.4) is 0 Å². The number of benzene rings is 2. The molecule has 1 aliphatic rings. The van der Waals surface area contributed by atoms with Gasteiger partial charge in [-0.25, -0.2) is 0 Å². The lowest BCUT2D eigenvalue weighted by Crippen LogP contribution is -2.27. The van der Waals surface area contributed by atoms with Crippen LogP contribution in [-0.4, -0.2) is 24.6 Å². The number of hydrogen-bond donors (Lipinski definition) is 2. The van der Waals surface area contributed by atoms with E-state index in [0.717, 1.165) is 59.6 Å². The lowest BCUT2D eigenvalue weighted by atomic mass is 9.85. The second-order valence-electron chi connectivity index (χ2n) is 7.30. The van der Waals surface area contributed by atoms with Gasteiger partial charge in [-0.3, -0.25) is 4.79 Å². The number of hydrogen-bond acceptors (Lipinski definition) is 3. The first-order valence-electron chi connectivity index (χ1n) is 9.95. The van der Waals surface area contributed by atoms with E-state index in [1.54, 1.807) is 7.11 Å². The van der Waals surface area contributed by atoms with Crippen molar-refractivity contribution in [1.29, 1.82) is 0 Å². The third kappa shape index (κ3) is 3.11.